The molecule has 92 valence electrons. The molecular weight excluding hydrogens is 234 g/mol. The summed E-state index contributed by atoms with van der Waals surface area (Å²) in [6.07, 6.45) is 4.08. The number of carbonyl (C=O) groups excluding carboxylic acids is 1. The molecule has 0 aromatic heterocycles. The summed E-state index contributed by atoms with van der Waals surface area (Å²) < 4.78 is 4.98. The van der Waals surface area contributed by atoms with E-state index in [1.807, 2.05) is 19.1 Å². The van der Waals surface area contributed by atoms with Gasteiger partial charge >= 0.3 is 5.97 Å². The van der Waals surface area contributed by atoms with Crippen LogP contribution in [0.1, 0.15) is 40.4 Å². The van der Waals surface area contributed by atoms with E-state index in [0.717, 1.165) is 30.6 Å². The second-order valence-electron chi connectivity index (χ2n) is 4.21. The van der Waals surface area contributed by atoms with E-state index in [-0.39, 0.29) is 5.97 Å². The van der Waals surface area contributed by atoms with E-state index in [0.29, 0.717) is 11.6 Å². The summed E-state index contributed by atoms with van der Waals surface area (Å²) >= 11 is 1.09. The lowest BCUT2D eigenvalue weighted by Gasteiger charge is -2.15. The van der Waals surface area contributed by atoms with Crippen molar-refractivity contribution in [3.63, 3.8) is 0 Å². The molecule has 1 saturated heterocycles. The van der Waals surface area contributed by atoms with Gasteiger partial charge in [-0.3, -0.25) is 0 Å². The van der Waals surface area contributed by atoms with E-state index in [2.05, 4.69) is 11.4 Å². The maximum absolute atomic E-state index is 11.8. The van der Waals surface area contributed by atoms with E-state index in [4.69, 9.17) is 4.18 Å². The Morgan fingerprint density at radius 1 is 1.53 bits per heavy atom. The first-order chi connectivity index (χ1) is 8.24. The standard InChI is InChI=1S/C13H17NO2S/c1-9-10(12-7-4-8-14-12)5-3-6-11(9)13(15)16-17-2/h3,5-6,12,14H,4,7-8H2,1-2H3. The topological polar surface area (TPSA) is 38.3 Å². The van der Waals surface area contributed by atoms with E-state index in [1.54, 1.807) is 6.26 Å². The largest absolute Gasteiger partial charge is 0.388 e. The molecule has 0 radical (unpaired) electrons. The van der Waals surface area contributed by atoms with Gasteiger partial charge in [0.1, 0.15) is 0 Å². The normalized spacial score (nSPS) is 19.3. The summed E-state index contributed by atoms with van der Waals surface area (Å²) in [5.74, 6) is -0.255. The van der Waals surface area contributed by atoms with Gasteiger partial charge in [0.2, 0.25) is 0 Å². The molecule has 1 fully saturated rings. The number of benzene rings is 1. The van der Waals surface area contributed by atoms with E-state index < -0.39 is 0 Å². The monoisotopic (exact) mass is 251 g/mol. The zero-order chi connectivity index (χ0) is 12.3. The smallest absolute Gasteiger partial charge is 0.350 e. The maximum atomic E-state index is 11.8. The predicted molar refractivity (Wildman–Crippen MR) is 70.1 cm³/mol. The predicted octanol–water partition coefficient (Wildman–Crippen LogP) is 2.85. The van der Waals surface area contributed by atoms with Crippen molar-refractivity contribution in [3.8, 4) is 0 Å². The van der Waals surface area contributed by atoms with E-state index in [1.165, 1.54) is 12.0 Å². The van der Waals surface area contributed by atoms with Crippen molar-refractivity contribution < 1.29 is 8.98 Å². The van der Waals surface area contributed by atoms with Crippen molar-refractivity contribution in [2.24, 2.45) is 0 Å². The van der Waals surface area contributed by atoms with Crippen LogP contribution in [0.5, 0.6) is 0 Å². The molecule has 0 saturated carbocycles. The summed E-state index contributed by atoms with van der Waals surface area (Å²) in [6, 6.07) is 6.23. The maximum Gasteiger partial charge on any atom is 0.350 e. The molecule has 1 N–H and O–H groups in total. The highest BCUT2D eigenvalue weighted by Crippen LogP contribution is 2.28. The van der Waals surface area contributed by atoms with Gasteiger partial charge in [-0.25, -0.2) is 4.79 Å². The van der Waals surface area contributed by atoms with Crippen LogP contribution in [0.2, 0.25) is 0 Å². The Bertz CT molecular complexity index is 414. The summed E-state index contributed by atoms with van der Waals surface area (Å²) in [4.78, 5) is 11.8. The molecule has 1 heterocycles. The SMILES string of the molecule is CSOC(=O)c1cccc(C2CCCN2)c1C. The Labute approximate surface area is 106 Å². The van der Waals surface area contributed by atoms with Crippen molar-refractivity contribution in [3.05, 3.63) is 34.9 Å². The van der Waals surface area contributed by atoms with Crippen LogP contribution in [-0.4, -0.2) is 18.8 Å². The fourth-order valence-corrected chi connectivity index (χ4v) is 2.56. The first-order valence-electron chi connectivity index (χ1n) is 5.82. The third kappa shape index (κ3) is 2.64. The Morgan fingerprint density at radius 3 is 3.00 bits per heavy atom. The quantitative estimate of drug-likeness (QED) is 0.838. The van der Waals surface area contributed by atoms with Gasteiger partial charge in [0, 0.05) is 12.3 Å². The second-order valence-corrected chi connectivity index (χ2v) is 4.71. The highest BCUT2D eigenvalue weighted by Gasteiger charge is 2.21. The second kappa shape index (κ2) is 5.56. The van der Waals surface area contributed by atoms with E-state index >= 15 is 0 Å². The fraction of sp³-hybridized carbons (Fsp3) is 0.462. The summed E-state index contributed by atoms with van der Waals surface area (Å²) in [7, 11) is 0. The van der Waals surface area contributed by atoms with Gasteiger partial charge in [-0.1, -0.05) is 12.1 Å². The molecule has 1 unspecified atom stereocenters. The lowest BCUT2D eigenvalue weighted by molar-refractivity contribution is 0.0768. The third-order valence-corrected chi connectivity index (χ3v) is 3.51. The van der Waals surface area contributed by atoms with Crippen LogP contribution in [0.15, 0.2) is 18.2 Å². The molecule has 1 atom stereocenters. The zero-order valence-corrected chi connectivity index (χ0v) is 11.0. The van der Waals surface area contributed by atoms with Crippen molar-refractivity contribution in [1.82, 2.24) is 5.32 Å². The minimum atomic E-state index is -0.255. The highest BCUT2D eigenvalue weighted by molar-refractivity contribution is 7.94. The van der Waals surface area contributed by atoms with Crippen LogP contribution in [-0.2, 0) is 4.18 Å². The van der Waals surface area contributed by atoms with Crippen molar-refractivity contribution >= 4 is 18.0 Å². The fourth-order valence-electron chi connectivity index (χ4n) is 2.32. The minimum absolute atomic E-state index is 0.255. The molecule has 0 aliphatic carbocycles. The van der Waals surface area contributed by atoms with Gasteiger partial charge in [-0.2, -0.15) is 0 Å². The summed E-state index contributed by atoms with van der Waals surface area (Å²) in [6.45, 7) is 3.05. The first kappa shape index (κ1) is 12.5. The van der Waals surface area contributed by atoms with Gasteiger partial charge in [0.05, 0.1) is 17.6 Å². The van der Waals surface area contributed by atoms with Gasteiger partial charge in [0.15, 0.2) is 0 Å². The van der Waals surface area contributed by atoms with Crippen LogP contribution in [0.4, 0.5) is 0 Å². The molecule has 3 nitrogen and oxygen atoms in total. The third-order valence-electron chi connectivity index (χ3n) is 3.19. The Balaban J connectivity index is 2.29. The molecule has 0 bridgehead atoms. The van der Waals surface area contributed by atoms with Crippen LogP contribution in [0.3, 0.4) is 0 Å². The molecule has 2 rings (SSSR count). The van der Waals surface area contributed by atoms with Crippen LogP contribution in [0.25, 0.3) is 0 Å². The van der Waals surface area contributed by atoms with Crippen LogP contribution >= 0.6 is 12.0 Å². The van der Waals surface area contributed by atoms with Crippen molar-refractivity contribution in [2.75, 3.05) is 12.8 Å². The molecular formula is C13H17NO2S. The van der Waals surface area contributed by atoms with Gasteiger partial charge in [-0.15, -0.1) is 0 Å². The van der Waals surface area contributed by atoms with Gasteiger partial charge in [-0.05, 0) is 43.5 Å². The van der Waals surface area contributed by atoms with Crippen LogP contribution in [0, 0.1) is 6.92 Å². The lowest BCUT2D eigenvalue weighted by Crippen LogP contribution is -2.15. The molecule has 17 heavy (non-hydrogen) atoms. The first-order valence-corrected chi connectivity index (χ1v) is 6.97. The number of hydrogen-bond donors (Lipinski definition) is 1. The average molecular weight is 251 g/mol. The average Bonchev–Trinajstić information content (AvgIpc) is 2.83. The highest BCUT2D eigenvalue weighted by atomic mass is 32.2. The van der Waals surface area contributed by atoms with Crippen LogP contribution < -0.4 is 5.32 Å². The van der Waals surface area contributed by atoms with Gasteiger partial charge in [0.25, 0.3) is 0 Å². The summed E-state index contributed by atoms with van der Waals surface area (Å²) in [5.41, 5.74) is 2.93. The number of rotatable bonds is 3. The molecule has 0 amide bonds. The Morgan fingerprint density at radius 2 is 2.35 bits per heavy atom. The number of nitrogens with one attached hydrogen (secondary N) is 1. The van der Waals surface area contributed by atoms with Gasteiger partial charge < -0.3 is 9.50 Å². The molecule has 1 aliphatic rings. The Hall–Kier alpha value is -1.00. The number of hydrogen-bond acceptors (Lipinski definition) is 4. The molecule has 1 aliphatic heterocycles. The van der Waals surface area contributed by atoms with Crippen molar-refractivity contribution in [1.29, 1.82) is 0 Å². The van der Waals surface area contributed by atoms with Crippen molar-refractivity contribution in [2.45, 2.75) is 25.8 Å². The zero-order valence-electron chi connectivity index (χ0n) is 10.2. The Kier molecular flexibility index (Phi) is 4.07. The molecule has 1 aromatic rings. The van der Waals surface area contributed by atoms with E-state index in [9.17, 15) is 4.79 Å². The molecule has 4 heteroatoms. The molecule has 0 spiro atoms. The lowest BCUT2D eigenvalue weighted by atomic mass is 9.96. The summed E-state index contributed by atoms with van der Waals surface area (Å²) in [5, 5.41) is 3.45. The number of carbonyl (C=O) groups is 1. The minimum Gasteiger partial charge on any atom is -0.388 e. The molecule has 1 aromatic carbocycles.